The number of anilines is 1. The van der Waals surface area contributed by atoms with E-state index >= 15 is 0 Å². The summed E-state index contributed by atoms with van der Waals surface area (Å²) in [6, 6.07) is 1.26. The van der Waals surface area contributed by atoms with E-state index in [1.54, 1.807) is 0 Å². The molecule has 0 spiro atoms. The molecule has 2 rings (SSSR count). The summed E-state index contributed by atoms with van der Waals surface area (Å²) in [6.07, 6.45) is 2.08. The predicted molar refractivity (Wildman–Crippen MR) is 75.6 cm³/mol. The van der Waals surface area contributed by atoms with Crippen LogP contribution >= 0.6 is 0 Å². The third kappa shape index (κ3) is 3.19. The van der Waals surface area contributed by atoms with Crippen molar-refractivity contribution in [3.63, 3.8) is 0 Å². The second-order valence-corrected chi connectivity index (χ2v) is 4.65. The Hall–Kier alpha value is -2.42. The first-order valence-corrected chi connectivity index (χ1v) is 6.55. The Bertz CT molecular complexity index is 563. The first-order chi connectivity index (χ1) is 10.1. The van der Waals surface area contributed by atoms with Crippen LogP contribution in [0.15, 0.2) is 17.4 Å². The van der Waals surface area contributed by atoms with Crippen LogP contribution in [-0.4, -0.2) is 46.8 Å². The van der Waals surface area contributed by atoms with Gasteiger partial charge in [0, 0.05) is 19.2 Å². The molecule has 9 nitrogen and oxygen atoms in total. The van der Waals surface area contributed by atoms with Gasteiger partial charge in [0.05, 0.1) is 23.2 Å². The molecule has 1 aromatic rings. The number of nitro groups is 1. The van der Waals surface area contributed by atoms with Crippen molar-refractivity contribution in [1.82, 2.24) is 4.98 Å². The van der Waals surface area contributed by atoms with Crippen molar-refractivity contribution < 1.29 is 14.9 Å². The molecule has 3 N–H and O–H groups in total. The van der Waals surface area contributed by atoms with E-state index in [4.69, 9.17) is 15.7 Å². The van der Waals surface area contributed by atoms with Crippen molar-refractivity contribution in [2.75, 3.05) is 24.6 Å². The van der Waals surface area contributed by atoms with E-state index in [9.17, 15) is 10.1 Å². The average molecular weight is 295 g/mol. The highest BCUT2D eigenvalue weighted by molar-refractivity contribution is 6.02. The lowest BCUT2D eigenvalue weighted by Gasteiger charge is -2.34. The van der Waals surface area contributed by atoms with Crippen LogP contribution in [0.3, 0.4) is 0 Å². The maximum atomic E-state index is 10.8. The zero-order valence-corrected chi connectivity index (χ0v) is 11.6. The van der Waals surface area contributed by atoms with Gasteiger partial charge in [0.1, 0.15) is 12.0 Å². The van der Waals surface area contributed by atoms with E-state index in [2.05, 4.69) is 10.1 Å². The quantitative estimate of drug-likeness (QED) is 0.275. The minimum atomic E-state index is -0.570. The van der Waals surface area contributed by atoms with Crippen molar-refractivity contribution in [3.8, 4) is 0 Å². The lowest BCUT2D eigenvalue weighted by Crippen LogP contribution is -2.43. The van der Waals surface area contributed by atoms with Crippen LogP contribution in [0.2, 0.25) is 0 Å². The van der Waals surface area contributed by atoms with Crippen LogP contribution in [0, 0.1) is 10.1 Å². The Kier molecular flexibility index (Phi) is 4.53. The molecule has 1 aliphatic heterocycles. The summed E-state index contributed by atoms with van der Waals surface area (Å²) in [5.74, 6) is 0.249. The van der Waals surface area contributed by atoms with Crippen molar-refractivity contribution >= 4 is 17.3 Å². The summed E-state index contributed by atoms with van der Waals surface area (Å²) < 4.78 is 5.58. The number of rotatable bonds is 4. The number of aromatic nitrogens is 1. The molecule has 1 aromatic heterocycles. The van der Waals surface area contributed by atoms with Crippen LogP contribution in [0.5, 0.6) is 0 Å². The van der Waals surface area contributed by atoms with Gasteiger partial charge in [-0.2, -0.15) is 0 Å². The molecule has 0 amide bonds. The molecular formula is C12H17N5O4. The molecule has 0 aliphatic carbocycles. The smallest absolute Gasteiger partial charge is 0.288 e. The summed E-state index contributed by atoms with van der Waals surface area (Å²) in [4.78, 5) is 16.3. The molecule has 1 saturated heterocycles. The highest BCUT2D eigenvalue weighted by Gasteiger charge is 2.25. The van der Waals surface area contributed by atoms with Crippen LogP contribution in [0.25, 0.3) is 0 Å². The number of hydrogen-bond acceptors (Lipinski definition) is 7. The van der Waals surface area contributed by atoms with Gasteiger partial charge < -0.3 is 20.6 Å². The monoisotopic (exact) mass is 295 g/mol. The molecule has 0 bridgehead atoms. The number of oxime groups is 1. The molecule has 21 heavy (non-hydrogen) atoms. The number of amidine groups is 1. The molecular weight excluding hydrogens is 278 g/mol. The molecule has 1 unspecified atom stereocenters. The second-order valence-electron chi connectivity index (χ2n) is 4.65. The van der Waals surface area contributed by atoms with E-state index in [1.165, 1.54) is 12.3 Å². The fourth-order valence-electron chi connectivity index (χ4n) is 2.20. The van der Waals surface area contributed by atoms with Gasteiger partial charge in [0.2, 0.25) is 0 Å². The number of hydrogen-bond donors (Lipinski definition) is 2. The van der Waals surface area contributed by atoms with Gasteiger partial charge in [0.25, 0.3) is 5.69 Å². The minimum absolute atomic E-state index is 0.0656. The van der Waals surface area contributed by atoms with Gasteiger partial charge in [-0.15, -0.1) is 0 Å². The Balaban J connectivity index is 2.40. The summed E-state index contributed by atoms with van der Waals surface area (Å²) >= 11 is 0. The molecule has 2 heterocycles. The summed E-state index contributed by atoms with van der Waals surface area (Å²) in [6.45, 7) is 3.74. The summed E-state index contributed by atoms with van der Waals surface area (Å²) in [5, 5.41) is 22.6. The third-order valence-corrected chi connectivity index (χ3v) is 3.34. The maximum Gasteiger partial charge on any atom is 0.288 e. The number of nitrogens with two attached hydrogens (primary N) is 1. The average Bonchev–Trinajstić information content (AvgIpc) is 2.53. The fraction of sp³-hybridized carbons (Fsp3) is 0.500. The minimum Gasteiger partial charge on any atom is -0.409 e. The van der Waals surface area contributed by atoms with E-state index in [0.29, 0.717) is 25.5 Å². The van der Waals surface area contributed by atoms with Crippen LogP contribution in [-0.2, 0) is 4.74 Å². The van der Waals surface area contributed by atoms with E-state index < -0.39 is 4.92 Å². The molecule has 114 valence electrons. The normalized spacial score (nSPS) is 19.6. The van der Waals surface area contributed by atoms with E-state index in [1.807, 2.05) is 11.8 Å². The Morgan fingerprint density at radius 2 is 2.52 bits per heavy atom. The number of pyridine rings is 1. The molecule has 1 atom stereocenters. The third-order valence-electron chi connectivity index (χ3n) is 3.34. The van der Waals surface area contributed by atoms with Gasteiger partial charge in [-0.05, 0) is 6.42 Å². The topological polar surface area (TPSA) is 127 Å². The fourth-order valence-corrected chi connectivity index (χ4v) is 2.20. The Morgan fingerprint density at radius 3 is 3.14 bits per heavy atom. The zero-order chi connectivity index (χ0) is 15.4. The molecule has 0 saturated carbocycles. The highest BCUT2D eigenvalue weighted by Crippen LogP contribution is 2.24. The van der Waals surface area contributed by atoms with Crippen molar-refractivity contribution in [1.29, 1.82) is 0 Å². The second kappa shape index (κ2) is 6.35. The van der Waals surface area contributed by atoms with Gasteiger partial charge in [-0.3, -0.25) is 10.1 Å². The number of morpholine rings is 1. The lowest BCUT2D eigenvalue weighted by molar-refractivity contribution is -0.385. The first kappa shape index (κ1) is 15.0. The van der Waals surface area contributed by atoms with Crippen LogP contribution in [0.1, 0.15) is 18.9 Å². The van der Waals surface area contributed by atoms with Crippen LogP contribution < -0.4 is 10.6 Å². The Morgan fingerprint density at radius 1 is 1.76 bits per heavy atom. The van der Waals surface area contributed by atoms with Crippen LogP contribution in [0.4, 0.5) is 11.5 Å². The largest absolute Gasteiger partial charge is 0.409 e. The molecule has 0 aromatic carbocycles. The van der Waals surface area contributed by atoms with Gasteiger partial charge in [-0.25, -0.2) is 4.98 Å². The summed E-state index contributed by atoms with van der Waals surface area (Å²) in [7, 11) is 0. The van der Waals surface area contributed by atoms with E-state index in [-0.39, 0.29) is 23.2 Å². The molecule has 0 radical (unpaired) electrons. The zero-order valence-electron chi connectivity index (χ0n) is 11.6. The molecule has 1 fully saturated rings. The highest BCUT2D eigenvalue weighted by atomic mass is 16.6. The lowest BCUT2D eigenvalue weighted by atomic mass is 10.1. The van der Waals surface area contributed by atoms with Crippen molar-refractivity contribution in [2.24, 2.45) is 10.9 Å². The van der Waals surface area contributed by atoms with Crippen molar-refractivity contribution in [2.45, 2.75) is 19.4 Å². The molecule has 1 aliphatic rings. The standard InChI is InChI=1S/C12H17N5O4/c1-2-9-7-16(3-4-21-9)12-10(11(13)15-18)5-8(6-14-12)17(19)20/h5-6,9,18H,2-4,7H2,1H3,(H2,13,15). The SMILES string of the molecule is CCC1CN(c2ncc([N+](=O)[O-])cc2C(N)=NO)CCO1. The predicted octanol–water partition coefficient (Wildman–Crippen LogP) is 0.700. The van der Waals surface area contributed by atoms with Crippen molar-refractivity contribution in [3.05, 3.63) is 27.9 Å². The van der Waals surface area contributed by atoms with Gasteiger partial charge in [-0.1, -0.05) is 12.1 Å². The number of ether oxygens (including phenoxy) is 1. The molecule has 9 heteroatoms. The maximum absolute atomic E-state index is 10.8. The number of nitrogens with zero attached hydrogens (tertiary/aromatic N) is 4. The van der Waals surface area contributed by atoms with Gasteiger partial charge in [0.15, 0.2) is 5.84 Å². The summed E-state index contributed by atoms with van der Waals surface area (Å²) in [5.41, 5.74) is 5.65. The van der Waals surface area contributed by atoms with E-state index in [0.717, 1.165) is 6.42 Å². The van der Waals surface area contributed by atoms with Gasteiger partial charge >= 0.3 is 0 Å². The Labute approximate surface area is 121 Å². The first-order valence-electron chi connectivity index (χ1n) is 6.55.